The molecule has 14 heteroatoms. The Morgan fingerprint density at radius 2 is 1.26 bits per heavy atom. The number of alkyl halides is 6. The molecule has 0 rings (SSSR count). The summed E-state index contributed by atoms with van der Waals surface area (Å²) in [6, 6.07) is -3.43. The maximum atomic E-state index is 13.7. The van der Waals surface area contributed by atoms with Gasteiger partial charge in [-0.15, -0.1) is 0 Å². The number of halogens is 6. The minimum atomic E-state index is -5.80. The highest BCUT2D eigenvalue weighted by Gasteiger charge is 2.65. The van der Waals surface area contributed by atoms with E-state index >= 15 is 0 Å². The number of rotatable bonds is 13. The first-order valence-corrected chi connectivity index (χ1v) is 13.0. The Morgan fingerprint density at radius 3 is 1.61 bits per heavy atom. The maximum Gasteiger partial charge on any atom is 0.549 e. The summed E-state index contributed by atoms with van der Waals surface area (Å²) in [7, 11) is -11.5. The van der Waals surface area contributed by atoms with E-state index in [1.807, 2.05) is 6.92 Å². The average Bonchev–Trinajstić information content (AvgIpc) is 2.55. The molecule has 0 aromatic rings. The number of sulfonamides is 2. The number of unbranched alkanes of at least 4 members (excludes halogenated alkanes) is 3. The number of hydrogen-bond acceptors (Lipinski definition) is 4. The monoisotopic (exact) mass is 507 g/mol. The third kappa shape index (κ3) is 6.70. The Kier molecular flexibility index (Phi) is 10.8. The molecule has 0 saturated carbocycles. The van der Waals surface area contributed by atoms with Crippen LogP contribution in [0.25, 0.3) is 0 Å². The van der Waals surface area contributed by atoms with Crippen LogP contribution in [0.2, 0.25) is 0 Å². The summed E-state index contributed by atoms with van der Waals surface area (Å²) in [5.74, 6) is 0. The lowest BCUT2D eigenvalue weighted by Gasteiger charge is -2.49. The van der Waals surface area contributed by atoms with Crippen LogP contribution in [0.5, 0.6) is 0 Å². The molecule has 0 aromatic heterocycles. The summed E-state index contributed by atoms with van der Waals surface area (Å²) in [5.41, 5.74) is -11.2. The van der Waals surface area contributed by atoms with Crippen molar-refractivity contribution in [2.24, 2.45) is 0 Å². The van der Waals surface area contributed by atoms with Gasteiger partial charge in [0.15, 0.2) is 0 Å². The number of hydrogen-bond donors (Lipinski definition) is 1. The Hall–Kier alpha value is -0.600. The molecule has 0 aliphatic heterocycles. The van der Waals surface area contributed by atoms with Gasteiger partial charge in [-0.25, -0.2) is 17.0 Å². The quantitative estimate of drug-likeness (QED) is 0.224. The van der Waals surface area contributed by atoms with Crippen LogP contribution >= 0.6 is 0 Å². The second kappa shape index (κ2) is 11.0. The van der Waals surface area contributed by atoms with E-state index in [4.69, 9.17) is 0 Å². The molecule has 0 aliphatic carbocycles. The third-order valence-electron chi connectivity index (χ3n) is 5.36. The lowest BCUT2D eigenvalue weighted by atomic mass is 10.00. The predicted octanol–water partition coefficient (Wildman–Crippen LogP) is 4.64. The second-order valence-electron chi connectivity index (χ2n) is 8.01. The molecule has 0 bridgehead atoms. The fraction of sp³-hybridized carbons (Fsp3) is 1.00. The summed E-state index contributed by atoms with van der Waals surface area (Å²) in [6.07, 6.45) is 2.00. The van der Waals surface area contributed by atoms with Gasteiger partial charge in [0.1, 0.15) is 6.04 Å². The molecule has 0 fully saturated rings. The van der Waals surface area contributed by atoms with Crippen LogP contribution in [0.4, 0.5) is 26.3 Å². The molecule has 1 unspecified atom stereocenters. The molecular weight excluding hydrogens is 474 g/mol. The van der Waals surface area contributed by atoms with Crippen molar-refractivity contribution < 1.29 is 47.1 Å². The van der Waals surface area contributed by atoms with E-state index in [1.165, 1.54) is 32.4 Å². The summed E-state index contributed by atoms with van der Waals surface area (Å²) in [5, 5.41) is 0. The van der Waals surface area contributed by atoms with Crippen LogP contribution in [-0.2, 0) is 20.0 Å². The van der Waals surface area contributed by atoms with Crippen LogP contribution in [0.15, 0.2) is 0 Å². The maximum absolute atomic E-state index is 13.7. The predicted molar refractivity (Wildman–Crippen MR) is 106 cm³/mol. The van der Waals surface area contributed by atoms with Crippen LogP contribution in [0, 0.1) is 0 Å². The van der Waals surface area contributed by atoms with Gasteiger partial charge in [0.05, 0.1) is 12.1 Å². The second-order valence-corrected chi connectivity index (χ2v) is 11.8. The number of quaternary nitrogens is 1. The smallest absolute Gasteiger partial charge is 0.207 e. The highest BCUT2D eigenvalue weighted by atomic mass is 32.2. The molecule has 0 saturated heterocycles. The average molecular weight is 508 g/mol. The minimum Gasteiger partial charge on any atom is -0.207 e. The lowest BCUT2D eigenvalue weighted by molar-refractivity contribution is -0.878. The minimum absolute atomic E-state index is 0.0145. The first kappa shape index (κ1) is 30.4. The summed E-state index contributed by atoms with van der Waals surface area (Å²) < 4.78 is 127. The molecule has 0 heterocycles. The first-order valence-electron chi connectivity index (χ1n) is 10.1. The van der Waals surface area contributed by atoms with Gasteiger partial charge in [0.25, 0.3) is 0 Å². The van der Waals surface area contributed by atoms with Gasteiger partial charge in [0.2, 0.25) is 0 Å². The van der Waals surface area contributed by atoms with Crippen molar-refractivity contribution in [2.45, 2.75) is 102 Å². The van der Waals surface area contributed by atoms with Crippen LogP contribution < -0.4 is 4.72 Å². The molecule has 0 amide bonds. The van der Waals surface area contributed by atoms with Gasteiger partial charge >= 0.3 is 31.1 Å². The van der Waals surface area contributed by atoms with Gasteiger partial charge < -0.3 is 0 Å². The van der Waals surface area contributed by atoms with E-state index < -0.39 is 66.0 Å². The molecular formula is C17H33F6N2O4S2+. The van der Waals surface area contributed by atoms with Crippen molar-refractivity contribution in [3.05, 3.63) is 0 Å². The zero-order valence-corrected chi connectivity index (χ0v) is 20.0. The van der Waals surface area contributed by atoms with Gasteiger partial charge in [-0.05, 0) is 34.1 Å². The van der Waals surface area contributed by atoms with Gasteiger partial charge in [0, 0.05) is 19.4 Å². The fourth-order valence-corrected chi connectivity index (χ4v) is 6.79. The Bertz CT molecular complexity index is 754. The summed E-state index contributed by atoms with van der Waals surface area (Å²) in [6.45, 7) is 6.29. The Balaban J connectivity index is 6.26. The molecule has 0 aliphatic rings. The topological polar surface area (TPSA) is 80.3 Å². The molecule has 31 heavy (non-hydrogen) atoms. The number of nitrogens with zero attached hydrogens (tertiary/aromatic N) is 1. The van der Waals surface area contributed by atoms with Crippen molar-refractivity contribution in [1.82, 2.24) is 4.72 Å². The van der Waals surface area contributed by atoms with E-state index in [2.05, 4.69) is 0 Å². The summed E-state index contributed by atoms with van der Waals surface area (Å²) in [4.78, 5) is 0. The third-order valence-corrected chi connectivity index (χ3v) is 9.11. The van der Waals surface area contributed by atoms with Crippen molar-refractivity contribution in [2.75, 3.05) is 6.54 Å². The van der Waals surface area contributed by atoms with E-state index in [0.717, 1.165) is 12.8 Å². The highest BCUT2D eigenvalue weighted by molar-refractivity contribution is 7.90. The fourth-order valence-electron chi connectivity index (χ4n) is 4.17. The number of nitrogens with one attached hydrogen (secondary N) is 1. The molecule has 188 valence electrons. The largest absolute Gasteiger partial charge is 0.549 e. The van der Waals surface area contributed by atoms with Crippen molar-refractivity contribution in [3.8, 4) is 0 Å². The first-order chi connectivity index (χ1) is 13.8. The molecule has 0 radical (unpaired) electrons. The van der Waals surface area contributed by atoms with Crippen molar-refractivity contribution in [3.63, 3.8) is 0 Å². The van der Waals surface area contributed by atoms with Gasteiger partial charge in [-0.3, -0.25) is 0 Å². The highest BCUT2D eigenvalue weighted by Crippen LogP contribution is 2.42. The molecule has 6 nitrogen and oxygen atoms in total. The molecule has 1 atom stereocenters. The zero-order chi connectivity index (χ0) is 24.9. The Labute approximate surface area is 181 Å². The van der Waals surface area contributed by atoms with Crippen LogP contribution in [0.3, 0.4) is 0 Å². The van der Waals surface area contributed by atoms with Gasteiger partial charge in [-0.2, -0.15) is 34.8 Å². The van der Waals surface area contributed by atoms with Crippen molar-refractivity contribution >= 4 is 20.0 Å². The van der Waals surface area contributed by atoms with Crippen molar-refractivity contribution in [1.29, 1.82) is 0 Å². The Morgan fingerprint density at radius 1 is 0.774 bits per heavy atom. The van der Waals surface area contributed by atoms with Crippen LogP contribution in [-0.4, -0.2) is 56.4 Å². The standard InChI is InChI=1S/C17H33F6N2O4S2/c1-6-7-8-9-10-15(11-12-24-30(26,27)16(18,19)20)25(13(2)3,14(4)5)31(28,29)17(21,22)23/h13-15,24H,6-12H2,1-5H3/q+1. The molecule has 1 N–H and O–H groups in total. The van der Waals surface area contributed by atoms with E-state index in [-0.39, 0.29) is 6.42 Å². The SMILES string of the molecule is CCCCCCC(CCNS(=O)(=O)C(F)(F)F)[N+](C(C)C)(C(C)C)S(=O)(=O)C(F)(F)F. The molecule has 0 aromatic carbocycles. The zero-order valence-electron chi connectivity index (χ0n) is 18.3. The van der Waals surface area contributed by atoms with Crippen LogP contribution in [0.1, 0.15) is 73.1 Å². The van der Waals surface area contributed by atoms with E-state index in [1.54, 1.807) is 0 Å². The van der Waals surface area contributed by atoms with Gasteiger partial charge in [-0.1, -0.05) is 26.2 Å². The normalized spacial score (nSPS) is 15.6. The van der Waals surface area contributed by atoms with E-state index in [0.29, 0.717) is 12.8 Å². The summed E-state index contributed by atoms with van der Waals surface area (Å²) >= 11 is 0. The van der Waals surface area contributed by atoms with E-state index in [9.17, 15) is 43.2 Å². The lowest BCUT2D eigenvalue weighted by Crippen LogP contribution is -2.69. The molecule has 0 spiro atoms.